The number of nitro groups is 1. The van der Waals surface area contributed by atoms with Crippen LogP contribution >= 0.6 is 35.4 Å². The van der Waals surface area contributed by atoms with Gasteiger partial charge < -0.3 is 19.0 Å². The Labute approximate surface area is 245 Å². The molecule has 1 aromatic heterocycles. The fraction of sp³-hybridized carbons (Fsp3) is 0.222. The van der Waals surface area contributed by atoms with E-state index >= 15 is 0 Å². The second kappa shape index (κ2) is 12.9. The van der Waals surface area contributed by atoms with E-state index in [0.717, 1.165) is 0 Å². The number of piperazine rings is 1. The van der Waals surface area contributed by atoms with Gasteiger partial charge in [-0.1, -0.05) is 23.2 Å². The first-order valence-electron chi connectivity index (χ1n) is 12.2. The summed E-state index contributed by atoms with van der Waals surface area (Å²) in [5.74, 6) is -0.0622. The van der Waals surface area contributed by atoms with E-state index in [9.17, 15) is 19.7 Å². The number of anilines is 1. The zero-order chi connectivity index (χ0) is 28.8. The number of nitrogens with zero attached hydrogens (tertiary/aromatic N) is 3. The third-order valence-corrected chi connectivity index (χ3v) is 6.95. The Hall–Kier alpha value is -3.93. The van der Waals surface area contributed by atoms with Crippen LogP contribution in [0.2, 0.25) is 10.0 Å². The summed E-state index contributed by atoms with van der Waals surface area (Å²) in [6.45, 7) is 3.55. The molecule has 1 saturated heterocycles. The van der Waals surface area contributed by atoms with E-state index in [-0.39, 0.29) is 23.0 Å². The minimum Gasteiger partial charge on any atom is -0.462 e. The van der Waals surface area contributed by atoms with Gasteiger partial charge in [0.1, 0.15) is 17.2 Å². The Bertz CT molecular complexity index is 1480. The van der Waals surface area contributed by atoms with Crippen molar-refractivity contribution >= 4 is 69.9 Å². The molecule has 2 heterocycles. The van der Waals surface area contributed by atoms with Crippen molar-refractivity contribution < 1.29 is 23.7 Å². The standard InChI is InChI=1S/C27H24Cl2N4O6S/c1-2-38-26(35)17-3-8-22(23(15-17)33(36)37)31-11-13-32(14-12-31)27(40)30-25(34)10-6-19-5-9-24(39-19)20-7-4-18(28)16-21(20)29/h3-10,15-16H,2,11-14H2,1H3,(H,30,34,40)/b10-6+. The topological polar surface area (TPSA) is 118 Å². The first-order valence-corrected chi connectivity index (χ1v) is 13.4. The average molecular weight is 603 g/mol. The van der Waals surface area contributed by atoms with E-state index < -0.39 is 16.8 Å². The fourth-order valence-electron chi connectivity index (χ4n) is 4.09. The minimum atomic E-state index is -0.615. The van der Waals surface area contributed by atoms with Gasteiger partial charge in [0, 0.05) is 48.9 Å². The first-order chi connectivity index (χ1) is 19.2. The molecule has 208 valence electrons. The Kier molecular flexibility index (Phi) is 9.41. The molecule has 0 radical (unpaired) electrons. The molecule has 1 fully saturated rings. The number of hydrogen-bond acceptors (Lipinski definition) is 8. The summed E-state index contributed by atoms with van der Waals surface area (Å²) in [4.78, 5) is 39.3. The number of carbonyl (C=O) groups is 2. The van der Waals surface area contributed by atoms with Crippen LogP contribution in [0.5, 0.6) is 0 Å². The third kappa shape index (κ3) is 6.98. The van der Waals surface area contributed by atoms with Gasteiger partial charge >= 0.3 is 5.97 Å². The molecule has 2 aromatic carbocycles. The van der Waals surface area contributed by atoms with Gasteiger partial charge in [-0.15, -0.1) is 0 Å². The number of halogens is 2. The van der Waals surface area contributed by atoms with Crippen LogP contribution in [0, 0.1) is 10.1 Å². The van der Waals surface area contributed by atoms with E-state index in [0.29, 0.717) is 59.0 Å². The Morgan fingerprint density at radius 3 is 2.55 bits per heavy atom. The summed E-state index contributed by atoms with van der Waals surface area (Å²) < 4.78 is 10.7. The number of esters is 1. The monoisotopic (exact) mass is 602 g/mol. The number of amides is 1. The lowest BCUT2D eigenvalue weighted by molar-refractivity contribution is -0.384. The Morgan fingerprint density at radius 2 is 1.88 bits per heavy atom. The van der Waals surface area contributed by atoms with Crippen molar-refractivity contribution in [1.29, 1.82) is 0 Å². The number of rotatable bonds is 7. The van der Waals surface area contributed by atoms with Gasteiger partial charge in [-0.05, 0) is 67.7 Å². The molecule has 0 atom stereocenters. The molecule has 0 saturated carbocycles. The van der Waals surface area contributed by atoms with Crippen molar-refractivity contribution in [2.45, 2.75) is 6.92 Å². The number of benzene rings is 2. The summed E-state index contributed by atoms with van der Waals surface area (Å²) in [5, 5.41) is 15.6. The van der Waals surface area contributed by atoms with Crippen molar-refractivity contribution in [3.05, 3.63) is 86.1 Å². The Morgan fingerprint density at radius 1 is 1.12 bits per heavy atom. The minimum absolute atomic E-state index is 0.118. The van der Waals surface area contributed by atoms with Crippen LogP contribution in [-0.2, 0) is 9.53 Å². The molecule has 0 spiro atoms. The highest BCUT2D eigenvalue weighted by Crippen LogP contribution is 2.32. The summed E-state index contributed by atoms with van der Waals surface area (Å²) in [6.07, 6.45) is 2.82. The zero-order valence-electron chi connectivity index (χ0n) is 21.3. The molecule has 1 amide bonds. The fourth-order valence-corrected chi connectivity index (χ4v) is 4.87. The highest BCUT2D eigenvalue weighted by molar-refractivity contribution is 7.80. The molecule has 1 aliphatic rings. The average Bonchev–Trinajstić information content (AvgIpc) is 3.40. The van der Waals surface area contributed by atoms with Crippen LogP contribution in [0.15, 0.2) is 59.0 Å². The quantitative estimate of drug-likeness (QED) is 0.122. The first kappa shape index (κ1) is 29.1. The highest BCUT2D eigenvalue weighted by atomic mass is 35.5. The van der Waals surface area contributed by atoms with E-state index in [1.807, 2.05) is 9.80 Å². The van der Waals surface area contributed by atoms with Gasteiger partial charge in [0.25, 0.3) is 5.69 Å². The van der Waals surface area contributed by atoms with Crippen LogP contribution in [0.4, 0.5) is 11.4 Å². The van der Waals surface area contributed by atoms with Crippen molar-refractivity contribution in [2.75, 3.05) is 37.7 Å². The lowest BCUT2D eigenvalue weighted by Gasteiger charge is -2.36. The highest BCUT2D eigenvalue weighted by Gasteiger charge is 2.26. The van der Waals surface area contributed by atoms with Crippen LogP contribution < -0.4 is 10.2 Å². The van der Waals surface area contributed by atoms with Gasteiger partial charge in [-0.25, -0.2) is 4.79 Å². The molecule has 10 nitrogen and oxygen atoms in total. The predicted molar refractivity (Wildman–Crippen MR) is 157 cm³/mol. The maximum Gasteiger partial charge on any atom is 0.338 e. The molecule has 13 heteroatoms. The van der Waals surface area contributed by atoms with Gasteiger partial charge in [0.2, 0.25) is 5.91 Å². The van der Waals surface area contributed by atoms with Crippen molar-refractivity contribution in [2.24, 2.45) is 0 Å². The zero-order valence-corrected chi connectivity index (χ0v) is 23.6. The molecule has 40 heavy (non-hydrogen) atoms. The van der Waals surface area contributed by atoms with Gasteiger partial charge in [-0.2, -0.15) is 0 Å². The van der Waals surface area contributed by atoms with Gasteiger partial charge in [0.05, 0.1) is 22.1 Å². The molecule has 0 aliphatic carbocycles. The summed E-state index contributed by atoms with van der Waals surface area (Å²) >= 11 is 17.6. The molecular weight excluding hydrogens is 579 g/mol. The molecule has 1 aliphatic heterocycles. The van der Waals surface area contributed by atoms with Crippen LogP contribution in [0.25, 0.3) is 17.4 Å². The normalized spacial score (nSPS) is 13.4. The smallest absolute Gasteiger partial charge is 0.338 e. The number of thiocarbonyl (C=S) groups is 1. The maximum atomic E-state index is 12.5. The van der Waals surface area contributed by atoms with Gasteiger partial charge in [0.15, 0.2) is 5.11 Å². The number of carbonyl (C=O) groups excluding carboxylic acids is 2. The summed E-state index contributed by atoms with van der Waals surface area (Å²) in [5.41, 5.74) is 1.01. The van der Waals surface area contributed by atoms with E-state index in [1.165, 1.54) is 24.3 Å². The van der Waals surface area contributed by atoms with E-state index in [4.69, 9.17) is 44.6 Å². The number of nitro benzene ring substituents is 1. The molecule has 0 bridgehead atoms. The molecule has 1 N–H and O–H groups in total. The third-order valence-electron chi connectivity index (χ3n) is 6.04. The molecular formula is C27H24Cl2N4O6S. The van der Waals surface area contributed by atoms with Crippen LogP contribution in [-0.4, -0.2) is 59.6 Å². The summed E-state index contributed by atoms with van der Waals surface area (Å²) in [6, 6.07) is 12.8. The lowest BCUT2D eigenvalue weighted by atomic mass is 10.1. The Balaban J connectivity index is 1.32. The number of hydrogen-bond donors (Lipinski definition) is 1. The second-order valence-electron chi connectivity index (χ2n) is 8.61. The molecule has 4 rings (SSSR count). The van der Waals surface area contributed by atoms with Gasteiger partial charge in [-0.3, -0.25) is 20.2 Å². The lowest BCUT2D eigenvalue weighted by Crippen LogP contribution is -2.52. The largest absolute Gasteiger partial charge is 0.462 e. The maximum absolute atomic E-state index is 12.5. The number of ether oxygens (including phenoxy) is 1. The second-order valence-corrected chi connectivity index (χ2v) is 9.84. The van der Waals surface area contributed by atoms with Crippen molar-refractivity contribution in [1.82, 2.24) is 10.2 Å². The van der Waals surface area contributed by atoms with Crippen molar-refractivity contribution in [3.63, 3.8) is 0 Å². The summed E-state index contributed by atoms with van der Waals surface area (Å²) in [7, 11) is 0. The van der Waals surface area contributed by atoms with Crippen LogP contribution in [0.3, 0.4) is 0 Å². The number of furan rings is 1. The van der Waals surface area contributed by atoms with Crippen LogP contribution in [0.1, 0.15) is 23.0 Å². The van der Waals surface area contributed by atoms with Crippen molar-refractivity contribution in [3.8, 4) is 11.3 Å². The molecule has 3 aromatic rings. The van der Waals surface area contributed by atoms with E-state index in [1.54, 1.807) is 43.3 Å². The SMILES string of the molecule is CCOC(=O)c1ccc(N2CCN(C(=S)NC(=O)/C=C/c3ccc(-c4ccc(Cl)cc4Cl)o3)CC2)c([N+](=O)[O-])c1. The van der Waals surface area contributed by atoms with E-state index in [2.05, 4.69) is 5.32 Å². The number of nitrogens with one attached hydrogen (secondary N) is 1. The molecule has 0 unspecified atom stereocenters. The predicted octanol–water partition coefficient (Wildman–Crippen LogP) is 5.57.